The maximum absolute atomic E-state index is 14.6. The van der Waals surface area contributed by atoms with Gasteiger partial charge in [0.1, 0.15) is 12.2 Å². The Balaban J connectivity index is 1.59. The van der Waals surface area contributed by atoms with E-state index in [1.54, 1.807) is 9.80 Å². The van der Waals surface area contributed by atoms with Gasteiger partial charge in [-0.15, -0.1) is 0 Å². The Hall–Kier alpha value is -2.97. The van der Waals surface area contributed by atoms with Crippen LogP contribution in [0.15, 0.2) is 118 Å². The molecule has 4 aromatic rings. The van der Waals surface area contributed by atoms with Crippen LogP contribution < -0.4 is 0 Å². The minimum Gasteiger partial charge on any atom is -0.388 e. The minimum absolute atomic E-state index is 0.211. The van der Waals surface area contributed by atoms with Gasteiger partial charge in [0.15, 0.2) is 0 Å². The number of amides is 2. The molecule has 5 nitrogen and oxygen atoms in total. The van der Waals surface area contributed by atoms with Crippen molar-refractivity contribution in [1.29, 1.82) is 0 Å². The number of benzene rings is 4. The number of carbonyl (C=O) groups is 1. The molecule has 2 amide bonds. The average molecular weight is 664 g/mol. The second-order valence-corrected chi connectivity index (χ2v) is 12.1. The molecule has 1 aliphatic rings. The summed E-state index contributed by atoms with van der Waals surface area (Å²) in [6, 6.07) is 33.9. The molecule has 0 unspecified atom stereocenters. The molecule has 0 aliphatic carbocycles. The van der Waals surface area contributed by atoms with Gasteiger partial charge in [-0.25, -0.2) is 4.79 Å². The zero-order valence-corrected chi connectivity index (χ0v) is 25.2. The fourth-order valence-electron chi connectivity index (χ4n) is 5.48. The van der Waals surface area contributed by atoms with Crippen molar-refractivity contribution in [3.8, 4) is 0 Å². The van der Waals surface area contributed by atoms with Gasteiger partial charge >= 0.3 is 6.03 Å². The standard InChI is InChI=1S/C33H32Br2N2O3/c34-27-15-7-13-25(17-27)21-36-29(19-23-9-3-1-4-10-23)31(38)32(39)30(20-24-11-5-2-6-12-24)37(33(36)40)22-26-14-8-16-28(35)18-26/h1-18,29-32,38-39H,19-22H2/t29-,30-,31+,32+/m1/s1. The van der Waals surface area contributed by atoms with Gasteiger partial charge in [0.05, 0.1) is 12.1 Å². The van der Waals surface area contributed by atoms with Crippen molar-refractivity contribution in [2.45, 2.75) is 50.2 Å². The van der Waals surface area contributed by atoms with Crippen molar-refractivity contribution in [2.75, 3.05) is 0 Å². The molecule has 0 bridgehead atoms. The highest BCUT2D eigenvalue weighted by Gasteiger charge is 2.46. The lowest BCUT2D eigenvalue weighted by Crippen LogP contribution is -2.50. The largest absolute Gasteiger partial charge is 0.388 e. The second kappa shape index (κ2) is 13.1. The Kier molecular flexibility index (Phi) is 9.37. The molecule has 0 aromatic heterocycles. The van der Waals surface area contributed by atoms with Crippen LogP contribution in [0, 0.1) is 0 Å². The van der Waals surface area contributed by atoms with Gasteiger partial charge in [0, 0.05) is 22.0 Å². The van der Waals surface area contributed by atoms with Crippen LogP contribution >= 0.6 is 31.9 Å². The predicted octanol–water partition coefficient (Wildman–Crippen LogP) is 6.59. The summed E-state index contributed by atoms with van der Waals surface area (Å²) in [5.41, 5.74) is 3.86. The molecular weight excluding hydrogens is 632 g/mol. The summed E-state index contributed by atoms with van der Waals surface area (Å²) < 4.78 is 1.83. The highest BCUT2D eigenvalue weighted by Crippen LogP contribution is 2.30. The Labute approximate surface area is 252 Å². The van der Waals surface area contributed by atoms with Crippen LogP contribution in [0.3, 0.4) is 0 Å². The van der Waals surface area contributed by atoms with Crippen molar-refractivity contribution < 1.29 is 15.0 Å². The third-order valence-electron chi connectivity index (χ3n) is 7.49. The van der Waals surface area contributed by atoms with E-state index in [-0.39, 0.29) is 6.03 Å². The molecule has 2 N–H and O–H groups in total. The van der Waals surface area contributed by atoms with Gasteiger partial charge in [-0.2, -0.15) is 0 Å². The van der Waals surface area contributed by atoms with E-state index in [0.717, 1.165) is 31.2 Å². The molecule has 40 heavy (non-hydrogen) atoms. The van der Waals surface area contributed by atoms with Crippen molar-refractivity contribution >= 4 is 37.9 Å². The average Bonchev–Trinajstić information content (AvgIpc) is 3.02. The Bertz CT molecular complexity index is 1310. The topological polar surface area (TPSA) is 64.0 Å². The van der Waals surface area contributed by atoms with Crippen molar-refractivity contribution in [3.63, 3.8) is 0 Å². The van der Waals surface area contributed by atoms with Crippen molar-refractivity contribution in [3.05, 3.63) is 140 Å². The summed E-state index contributed by atoms with van der Waals surface area (Å²) >= 11 is 7.10. The highest BCUT2D eigenvalue weighted by atomic mass is 79.9. The maximum Gasteiger partial charge on any atom is 0.321 e. The number of aliphatic hydroxyl groups is 2. The summed E-state index contributed by atoms with van der Waals surface area (Å²) in [5.74, 6) is 0. The van der Waals surface area contributed by atoms with Crippen LogP contribution in [0.4, 0.5) is 4.79 Å². The quantitative estimate of drug-likeness (QED) is 0.224. The maximum atomic E-state index is 14.6. The van der Waals surface area contributed by atoms with Gasteiger partial charge in [-0.3, -0.25) is 0 Å². The molecule has 0 spiro atoms. The number of nitrogens with zero attached hydrogens (tertiary/aromatic N) is 2. The number of hydrogen-bond donors (Lipinski definition) is 2. The van der Waals surface area contributed by atoms with Gasteiger partial charge in [-0.05, 0) is 59.4 Å². The smallest absolute Gasteiger partial charge is 0.321 e. The first-order valence-electron chi connectivity index (χ1n) is 13.4. The molecule has 1 saturated heterocycles. The van der Waals surface area contributed by atoms with Crippen LogP contribution in [0.2, 0.25) is 0 Å². The summed E-state index contributed by atoms with van der Waals surface area (Å²) in [4.78, 5) is 18.1. The SMILES string of the molecule is O=C1N(Cc2cccc(Br)c2)[C@H](Cc2ccccc2)[C@H](O)[C@@H](O)[C@@H](Cc2ccccc2)N1Cc1cccc(Br)c1. The van der Waals surface area contributed by atoms with E-state index in [1.807, 2.05) is 109 Å². The molecule has 0 saturated carbocycles. The van der Waals surface area contributed by atoms with E-state index < -0.39 is 24.3 Å². The Morgan fingerprint density at radius 2 is 0.925 bits per heavy atom. The predicted molar refractivity (Wildman–Crippen MR) is 165 cm³/mol. The summed E-state index contributed by atoms with van der Waals surface area (Å²) in [6.07, 6.45) is -1.47. The number of halogens is 2. The van der Waals surface area contributed by atoms with Crippen LogP contribution in [-0.4, -0.2) is 50.3 Å². The third kappa shape index (κ3) is 6.84. The Morgan fingerprint density at radius 1 is 0.550 bits per heavy atom. The van der Waals surface area contributed by atoms with E-state index >= 15 is 0 Å². The second-order valence-electron chi connectivity index (χ2n) is 10.3. The first kappa shape index (κ1) is 28.6. The van der Waals surface area contributed by atoms with Crippen LogP contribution in [0.25, 0.3) is 0 Å². The monoisotopic (exact) mass is 662 g/mol. The van der Waals surface area contributed by atoms with Gasteiger partial charge in [-0.1, -0.05) is 117 Å². The number of aliphatic hydroxyl groups excluding tert-OH is 2. The molecule has 0 radical (unpaired) electrons. The molecule has 1 heterocycles. The first-order chi connectivity index (χ1) is 19.4. The van der Waals surface area contributed by atoms with Crippen LogP contribution in [-0.2, 0) is 25.9 Å². The number of urea groups is 1. The normalized spacial score (nSPS) is 21.4. The van der Waals surface area contributed by atoms with Gasteiger partial charge in [0.2, 0.25) is 0 Å². The lowest BCUT2D eigenvalue weighted by molar-refractivity contribution is -0.0408. The number of rotatable bonds is 8. The lowest BCUT2D eigenvalue weighted by Gasteiger charge is -2.36. The molecule has 5 rings (SSSR count). The van der Waals surface area contributed by atoms with Crippen LogP contribution in [0.1, 0.15) is 22.3 Å². The van der Waals surface area contributed by atoms with E-state index in [2.05, 4.69) is 31.9 Å². The highest BCUT2D eigenvalue weighted by molar-refractivity contribution is 9.10. The number of hydrogen-bond acceptors (Lipinski definition) is 3. The molecular formula is C33H32Br2N2O3. The van der Waals surface area contributed by atoms with E-state index in [1.165, 1.54) is 0 Å². The summed E-state index contributed by atoms with van der Waals surface area (Å²) in [6.45, 7) is 0.596. The zero-order valence-electron chi connectivity index (χ0n) is 22.0. The summed E-state index contributed by atoms with van der Waals surface area (Å²) in [7, 11) is 0. The number of carbonyl (C=O) groups excluding carboxylic acids is 1. The molecule has 4 atom stereocenters. The molecule has 4 aromatic carbocycles. The molecule has 1 aliphatic heterocycles. The third-order valence-corrected chi connectivity index (χ3v) is 8.48. The lowest BCUT2D eigenvalue weighted by atomic mass is 9.91. The minimum atomic E-state index is -1.16. The molecule has 7 heteroatoms. The zero-order chi connectivity index (χ0) is 28.1. The van der Waals surface area contributed by atoms with E-state index in [9.17, 15) is 15.0 Å². The van der Waals surface area contributed by atoms with Gasteiger partial charge in [0.25, 0.3) is 0 Å². The molecule has 206 valence electrons. The fraction of sp³-hybridized carbons (Fsp3) is 0.242. The summed E-state index contributed by atoms with van der Waals surface area (Å²) in [5, 5.41) is 23.6. The van der Waals surface area contributed by atoms with Crippen molar-refractivity contribution in [1.82, 2.24) is 9.80 Å². The van der Waals surface area contributed by atoms with Crippen LogP contribution in [0.5, 0.6) is 0 Å². The Morgan fingerprint density at radius 3 is 1.30 bits per heavy atom. The van der Waals surface area contributed by atoms with E-state index in [0.29, 0.717) is 25.9 Å². The molecule has 1 fully saturated rings. The van der Waals surface area contributed by atoms with Gasteiger partial charge < -0.3 is 20.0 Å². The fourth-order valence-corrected chi connectivity index (χ4v) is 6.37. The van der Waals surface area contributed by atoms with E-state index in [4.69, 9.17) is 0 Å². The first-order valence-corrected chi connectivity index (χ1v) is 15.0. The van der Waals surface area contributed by atoms with Crippen molar-refractivity contribution in [2.24, 2.45) is 0 Å².